The number of ether oxygens (including phenoxy) is 1. The van der Waals surface area contributed by atoms with Crippen molar-refractivity contribution in [2.45, 2.75) is 19.4 Å². The fourth-order valence-corrected chi connectivity index (χ4v) is 2.79. The molecule has 1 aliphatic carbocycles. The van der Waals surface area contributed by atoms with Crippen molar-refractivity contribution in [3.05, 3.63) is 53.3 Å². The summed E-state index contributed by atoms with van der Waals surface area (Å²) in [5.74, 6) is -0.0686. The Kier molecular flexibility index (Phi) is 4.90. The van der Waals surface area contributed by atoms with E-state index in [0.29, 0.717) is 35.8 Å². The summed E-state index contributed by atoms with van der Waals surface area (Å²) < 4.78 is 5.08. The number of carbonyl (C=O) groups is 2. The number of carbonyl (C=O) groups excluding carboxylic acids is 2. The lowest BCUT2D eigenvalue weighted by Gasteiger charge is -2.16. The number of rotatable bonds is 6. The van der Waals surface area contributed by atoms with Gasteiger partial charge in [-0.2, -0.15) is 0 Å². The average molecular weight is 360 g/mol. The maximum Gasteiger partial charge on any atom is 0.240 e. The van der Waals surface area contributed by atoms with E-state index >= 15 is 0 Å². The van der Waals surface area contributed by atoms with E-state index in [4.69, 9.17) is 16.3 Å². The second kappa shape index (κ2) is 7.11. The highest BCUT2D eigenvalue weighted by molar-refractivity contribution is 6.32. The Morgan fingerprint density at radius 2 is 2.08 bits per heavy atom. The topological polar surface area (TPSA) is 80.3 Å². The van der Waals surface area contributed by atoms with Crippen molar-refractivity contribution < 1.29 is 14.3 Å². The highest BCUT2D eigenvalue weighted by Crippen LogP contribution is 2.47. The number of hydrogen-bond donors (Lipinski definition) is 2. The Labute approximate surface area is 150 Å². The summed E-state index contributed by atoms with van der Waals surface area (Å²) in [6.45, 7) is 0.343. The van der Waals surface area contributed by atoms with Crippen LogP contribution in [0.1, 0.15) is 18.4 Å². The molecule has 0 spiro atoms. The first kappa shape index (κ1) is 17.2. The number of methoxy groups -OCH3 is 1. The number of anilines is 1. The minimum absolute atomic E-state index is 0.270. The molecule has 130 valence electrons. The number of aromatic nitrogens is 1. The Bertz CT molecular complexity index is 791. The van der Waals surface area contributed by atoms with E-state index in [1.807, 2.05) is 6.07 Å². The fourth-order valence-electron chi connectivity index (χ4n) is 2.53. The molecule has 25 heavy (non-hydrogen) atoms. The molecular weight excluding hydrogens is 342 g/mol. The van der Waals surface area contributed by atoms with Crippen molar-refractivity contribution in [1.29, 1.82) is 0 Å². The van der Waals surface area contributed by atoms with Crippen molar-refractivity contribution in [2.75, 3.05) is 12.4 Å². The summed E-state index contributed by atoms with van der Waals surface area (Å²) in [6, 6.07) is 8.62. The molecule has 0 atom stereocenters. The minimum atomic E-state index is -1.01. The van der Waals surface area contributed by atoms with Crippen LogP contribution in [0.15, 0.2) is 42.7 Å². The van der Waals surface area contributed by atoms with Gasteiger partial charge in [-0.25, -0.2) is 0 Å². The molecule has 3 rings (SSSR count). The number of hydrogen-bond acceptors (Lipinski definition) is 4. The lowest BCUT2D eigenvalue weighted by molar-refractivity contribution is -0.134. The predicted molar refractivity (Wildman–Crippen MR) is 94.4 cm³/mol. The second-order valence-corrected chi connectivity index (χ2v) is 6.34. The summed E-state index contributed by atoms with van der Waals surface area (Å²) in [5.41, 5.74) is 0.408. The van der Waals surface area contributed by atoms with Crippen LogP contribution in [0.2, 0.25) is 5.02 Å². The number of nitrogens with one attached hydrogen (secondary N) is 2. The van der Waals surface area contributed by atoms with Crippen molar-refractivity contribution in [3.8, 4) is 5.75 Å². The molecule has 1 saturated carbocycles. The molecule has 7 heteroatoms. The summed E-state index contributed by atoms with van der Waals surface area (Å²) in [4.78, 5) is 29.0. The van der Waals surface area contributed by atoms with Gasteiger partial charge in [0.25, 0.3) is 0 Å². The van der Waals surface area contributed by atoms with Crippen molar-refractivity contribution in [1.82, 2.24) is 10.3 Å². The summed E-state index contributed by atoms with van der Waals surface area (Å²) >= 11 is 6.06. The molecule has 6 nitrogen and oxygen atoms in total. The lowest BCUT2D eigenvalue weighted by atomic mass is 10.0. The van der Waals surface area contributed by atoms with E-state index in [1.54, 1.807) is 36.7 Å². The van der Waals surface area contributed by atoms with Crippen LogP contribution in [0.4, 0.5) is 5.69 Å². The van der Waals surface area contributed by atoms with Crippen LogP contribution in [0, 0.1) is 5.41 Å². The van der Waals surface area contributed by atoms with Gasteiger partial charge in [0, 0.05) is 24.6 Å². The minimum Gasteiger partial charge on any atom is -0.495 e. The Morgan fingerprint density at radius 3 is 2.68 bits per heavy atom. The van der Waals surface area contributed by atoms with Gasteiger partial charge in [-0.05, 0) is 42.7 Å². The Hall–Kier alpha value is -2.60. The van der Waals surface area contributed by atoms with Gasteiger partial charge in [0.05, 0.1) is 12.1 Å². The van der Waals surface area contributed by atoms with E-state index in [2.05, 4.69) is 15.6 Å². The van der Waals surface area contributed by atoms with Gasteiger partial charge in [0.2, 0.25) is 11.8 Å². The van der Waals surface area contributed by atoms with Gasteiger partial charge in [-0.1, -0.05) is 17.7 Å². The van der Waals surface area contributed by atoms with Crippen LogP contribution in [0.25, 0.3) is 0 Å². The van der Waals surface area contributed by atoms with Gasteiger partial charge in [-0.3, -0.25) is 14.6 Å². The summed E-state index contributed by atoms with van der Waals surface area (Å²) in [6.07, 6.45) is 4.41. The van der Waals surface area contributed by atoms with Crippen LogP contribution in [0.5, 0.6) is 5.75 Å². The van der Waals surface area contributed by atoms with Gasteiger partial charge in [0.1, 0.15) is 11.2 Å². The molecule has 1 fully saturated rings. The lowest BCUT2D eigenvalue weighted by Crippen LogP contribution is -2.39. The molecule has 0 bridgehead atoms. The number of benzene rings is 1. The highest BCUT2D eigenvalue weighted by atomic mass is 35.5. The SMILES string of the molecule is COc1ccc(NC(=O)C2(C(=O)NCc3cccnc3)CC2)cc1Cl. The normalized spacial score (nSPS) is 14.5. The number of amides is 2. The zero-order chi connectivity index (χ0) is 17.9. The highest BCUT2D eigenvalue weighted by Gasteiger charge is 2.56. The van der Waals surface area contributed by atoms with Gasteiger partial charge in [0.15, 0.2) is 0 Å². The van der Waals surface area contributed by atoms with Crippen molar-refractivity contribution >= 4 is 29.1 Å². The quantitative estimate of drug-likeness (QED) is 0.777. The fraction of sp³-hybridized carbons (Fsp3) is 0.278. The average Bonchev–Trinajstić information content (AvgIpc) is 3.43. The molecular formula is C18H18ClN3O3. The third-order valence-corrected chi connectivity index (χ3v) is 4.50. The van der Waals surface area contributed by atoms with Crippen LogP contribution in [-0.4, -0.2) is 23.9 Å². The first-order valence-electron chi connectivity index (χ1n) is 7.87. The molecule has 1 heterocycles. The molecule has 0 unspecified atom stereocenters. The molecule has 2 aromatic rings. The summed E-state index contributed by atoms with van der Waals surface area (Å²) in [7, 11) is 1.52. The molecule has 0 aliphatic heterocycles. The zero-order valence-electron chi connectivity index (χ0n) is 13.7. The zero-order valence-corrected chi connectivity index (χ0v) is 14.5. The monoisotopic (exact) mass is 359 g/mol. The largest absolute Gasteiger partial charge is 0.495 e. The first-order chi connectivity index (χ1) is 12.0. The van der Waals surface area contributed by atoms with Gasteiger partial charge >= 0.3 is 0 Å². The maximum atomic E-state index is 12.6. The molecule has 2 N–H and O–H groups in total. The maximum absolute atomic E-state index is 12.6. The third-order valence-electron chi connectivity index (χ3n) is 4.20. The molecule has 1 aromatic heterocycles. The van der Waals surface area contributed by atoms with Crippen LogP contribution < -0.4 is 15.4 Å². The van der Waals surface area contributed by atoms with Crippen molar-refractivity contribution in [3.63, 3.8) is 0 Å². The molecule has 0 saturated heterocycles. The van der Waals surface area contributed by atoms with Crippen LogP contribution >= 0.6 is 11.6 Å². The van der Waals surface area contributed by atoms with E-state index in [0.717, 1.165) is 5.56 Å². The number of pyridine rings is 1. The van der Waals surface area contributed by atoms with Crippen LogP contribution in [0.3, 0.4) is 0 Å². The van der Waals surface area contributed by atoms with E-state index in [-0.39, 0.29) is 11.8 Å². The molecule has 0 radical (unpaired) electrons. The van der Waals surface area contributed by atoms with E-state index < -0.39 is 5.41 Å². The predicted octanol–water partition coefficient (Wildman–Crippen LogP) is 2.78. The molecule has 1 aromatic carbocycles. The van der Waals surface area contributed by atoms with E-state index in [1.165, 1.54) is 7.11 Å². The number of nitrogens with zero attached hydrogens (tertiary/aromatic N) is 1. The first-order valence-corrected chi connectivity index (χ1v) is 8.25. The molecule has 2 amide bonds. The van der Waals surface area contributed by atoms with Gasteiger partial charge in [-0.15, -0.1) is 0 Å². The second-order valence-electron chi connectivity index (χ2n) is 5.93. The van der Waals surface area contributed by atoms with Crippen molar-refractivity contribution in [2.24, 2.45) is 5.41 Å². The Balaban J connectivity index is 1.62. The standard InChI is InChI=1S/C18H18ClN3O3/c1-25-15-5-4-13(9-14(15)19)22-17(24)18(6-7-18)16(23)21-11-12-3-2-8-20-10-12/h2-5,8-10H,6-7,11H2,1H3,(H,21,23)(H,22,24). The third kappa shape index (κ3) is 3.74. The Morgan fingerprint density at radius 1 is 1.28 bits per heavy atom. The van der Waals surface area contributed by atoms with Gasteiger partial charge < -0.3 is 15.4 Å². The molecule has 1 aliphatic rings. The number of halogens is 1. The smallest absolute Gasteiger partial charge is 0.240 e. The summed E-state index contributed by atoms with van der Waals surface area (Å²) in [5, 5.41) is 5.97. The van der Waals surface area contributed by atoms with Crippen LogP contribution in [-0.2, 0) is 16.1 Å². The van der Waals surface area contributed by atoms with E-state index in [9.17, 15) is 9.59 Å².